The van der Waals surface area contributed by atoms with Crippen LogP contribution in [0.3, 0.4) is 0 Å². The monoisotopic (exact) mass is 520 g/mol. The maximum atomic E-state index is 13.5. The van der Waals surface area contributed by atoms with Gasteiger partial charge >= 0.3 is 0 Å². The number of nitrogens with one attached hydrogen (secondary N) is 1. The first-order valence-electron chi connectivity index (χ1n) is 11.8. The number of rotatable bonds is 9. The molecule has 0 radical (unpaired) electrons. The Labute approximate surface area is 220 Å². The molecule has 2 N–H and O–H groups in total. The Morgan fingerprint density at radius 1 is 1.03 bits per heavy atom. The van der Waals surface area contributed by atoms with Crippen molar-refractivity contribution in [3.63, 3.8) is 0 Å². The first-order chi connectivity index (χ1) is 17.8. The summed E-state index contributed by atoms with van der Waals surface area (Å²) < 4.78 is 22.2. The van der Waals surface area contributed by atoms with Crippen LogP contribution in [0, 0.1) is 10.6 Å². The fraction of sp³-hybridized carbons (Fsp3) is 0.214. The van der Waals surface area contributed by atoms with E-state index in [1.165, 1.54) is 28.8 Å². The number of benzene rings is 3. The second-order valence-corrected chi connectivity index (χ2v) is 9.15. The van der Waals surface area contributed by atoms with Crippen molar-refractivity contribution in [3.8, 4) is 17.3 Å². The lowest BCUT2D eigenvalue weighted by molar-refractivity contribution is -0.115. The van der Waals surface area contributed by atoms with E-state index in [1.54, 1.807) is 35.9 Å². The van der Waals surface area contributed by atoms with E-state index in [0.29, 0.717) is 40.6 Å². The van der Waals surface area contributed by atoms with Gasteiger partial charge in [-0.25, -0.2) is 4.39 Å². The van der Waals surface area contributed by atoms with Gasteiger partial charge in [0.1, 0.15) is 11.6 Å². The average molecular weight is 521 g/mol. The number of aromatic nitrogens is 2. The smallest absolute Gasteiger partial charge is 0.230 e. The summed E-state index contributed by atoms with van der Waals surface area (Å²) in [6.07, 6.45) is 0.539. The topological polar surface area (TPSA) is 71.7 Å². The van der Waals surface area contributed by atoms with Gasteiger partial charge in [0, 0.05) is 32.0 Å². The second kappa shape index (κ2) is 11.3. The maximum Gasteiger partial charge on any atom is 0.230 e. The molecule has 0 unspecified atom stereocenters. The number of nitrogens with zero attached hydrogens (tertiary/aromatic N) is 3. The molecule has 7 nitrogen and oxygen atoms in total. The normalized spacial score (nSPS) is 10.8. The molecule has 0 atom stereocenters. The first kappa shape index (κ1) is 26.0. The van der Waals surface area contributed by atoms with Gasteiger partial charge in [-0.15, -0.1) is 0 Å². The minimum Gasteiger partial charge on any atom is -0.497 e. The average Bonchev–Trinajstić information content (AvgIpc) is 3.12. The molecule has 4 aromatic rings. The first-order valence-corrected chi connectivity index (χ1v) is 12.2. The highest BCUT2D eigenvalue weighted by Crippen LogP contribution is 2.27. The minimum atomic E-state index is -0.394. The molecule has 4 rings (SSSR count). The predicted molar refractivity (Wildman–Crippen MR) is 146 cm³/mol. The molecular weight excluding hydrogens is 491 g/mol. The van der Waals surface area contributed by atoms with Gasteiger partial charge in [-0.1, -0.05) is 12.1 Å². The van der Waals surface area contributed by atoms with Crippen LogP contribution in [-0.4, -0.2) is 41.4 Å². The lowest BCUT2D eigenvalue weighted by Crippen LogP contribution is -2.17. The second-order valence-electron chi connectivity index (χ2n) is 8.78. The summed E-state index contributed by atoms with van der Waals surface area (Å²) in [5, 5.41) is 14.0. The number of methoxy groups -OCH3 is 1. The van der Waals surface area contributed by atoms with Crippen LogP contribution in [-0.2, 0) is 24.2 Å². The van der Waals surface area contributed by atoms with Crippen molar-refractivity contribution in [1.82, 2.24) is 9.13 Å². The number of aromatic hydroxyl groups is 1. The van der Waals surface area contributed by atoms with Gasteiger partial charge in [0.2, 0.25) is 11.8 Å². The fourth-order valence-electron chi connectivity index (χ4n) is 4.04. The van der Waals surface area contributed by atoms with Crippen LogP contribution in [0.25, 0.3) is 5.69 Å². The van der Waals surface area contributed by atoms with E-state index in [2.05, 4.69) is 5.32 Å². The van der Waals surface area contributed by atoms with Gasteiger partial charge in [0.05, 0.1) is 24.9 Å². The van der Waals surface area contributed by atoms with Gasteiger partial charge in [-0.3, -0.25) is 9.36 Å². The number of anilines is 2. The summed E-state index contributed by atoms with van der Waals surface area (Å²) >= 11 is 5.72. The molecule has 0 saturated heterocycles. The third kappa shape index (κ3) is 6.00. The number of aryl methyl sites for hydroxylation is 1. The van der Waals surface area contributed by atoms with Crippen LogP contribution in [0.15, 0.2) is 72.8 Å². The maximum absolute atomic E-state index is 13.5. The molecule has 0 saturated carbocycles. The van der Waals surface area contributed by atoms with Crippen molar-refractivity contribution in [2.24, 2.45) is 0 Å². The van der Waals surface area contributed by atoms with Gasteiger partial charge in [0.25, 0.3) is 0 Å². The van der Waals surface area contributed by atoms with Crippen molar-refractivity contribution < 1.29 is 19.0 Å². The highest BCUT2D eigenvalue weighted by Gasteiger charge is 2.21. The standard InChI is InChI=1S/C28H29FN4O3S/c1-31(2)22-10-4-19(5-11-22)16-17-32-25(18-26(34)30-21-8-14-24(36-3)15-9-21)27(35)33(28(32)37)23-12-6-20(29)7-13-23/h4-15,35H,16-18H2,1-3H3,(H,30,34). The molecule has 9 heteroatoms. The van der Waals surface area contributed by atoms with Crippen LogP contribution in [0.2, 0.25) is 0 Å². The Hall–Kier alpha value is -4.11. The third-order valence-electron chi connectivity index (χ3n) is 6.08. The lowest BCUT2D eigenvalue weighted by atomic mass is 10.1. The minimum absolute atomic E-state index is 0.102. The van der Waals surface area contributed by atoms with E-state index in [9.17, 15) is 14.3 Å². The summed E-state index contributed by atoms with van der Waals surface area (Å²) in [6, 6.07) is 20.8. The van der Waals surface area contributed by atoms with E-state index in [-0.39, 0.29) is 18.2 Å². The van der Waals surface area contributed by atoms with Crippen LogP contribution >= 0.6 is 12.2 Å². The largest absolute Gasteiger partial charge is 0.497 e. The molecule has 0 aliphatic rings. The zero-order valence-corrected chi connectivity index (χ0v) is 21.8. The van der Waals surface area contributed by atoms with Crippen molar-refractivity contribution >= 4 is 29.5 Å². The van der Waals surface area contributed by atoms with E-state index < -0.39 is 5.82 Å². The number of ether oxygens (including phenoxy) is 1. The highest BCUT2D eigenvalue weighted by molar-refractivity contribution is 7.71. The fourth-order valence-corrected chi connectivity index (χ4v) is 4.43. The Bertz CT molecular complexity index is 1430. The quantitative estimate of drug-likeness (QED) is 0.291. The van der Waals surface area contributed by atoms with Gasteiger partial charge < -0.3 is 24.6 Å². The zero-order chi connectivity index (χ0) is 26.5. The highest BCUT2D eigenvalue weighted by atomic mass is 32.1. The van der Waals surface area contributed by atoms with Crippen molar-refractivity contribution in [2.75, 3.05) is 31.4 Å². The lowest BCUT2D eigenvalue weighted by Gasteiger charge is -2.13. The number of carbonyl (C=O) groups is 1. The Balaban J connectivity index is 1.63. The van der Waals surface area contributed by atoms with Crippen molar-refractivity contribution in [1.29, 1.82) is 0 Å². The Morgan fingerprint density at radius 3 is 2.27 bits per heavy atom. The molecule has 1 amide bonds. The summed E-state index contributed by atoms with van der Waals surface area (Å²) in [5.41, 5.74) is 3.68. The summed E-state index contributed by atoms with van der Waals surface area (Å²) in [5.74, 6) is -0.172. The predicted octanol–water partition coefficient (Wildman–Crippen LogP) is 5.35. The molecule has 3 aromatic carbocycles. The molecule has 192 valence electrons. The van der Waals surface area contributed by atoms with Gasteiger partial charge in [0.15, 0.2) is 4.77 Å². The van der Waals surface area contributed by atoms with Gasteiger partial charge in [-0.2, -0.15) is 0 Å². The third-order valence-corrected chi connectivity index (χ3v) is 6.48. The van der Waals surface area contributed by atoms with Gasteiger partial charge in [-0.05, 0) is 84.9 Å². The van der Waals surface area contributed by atoms with Crippen molar-refractivity contribution in [3.05, 3.63) is 94.6 Å². The molecule has 37 heavy (non-hydrogen) atoms. The number of hydrogen-bond donors (Lipinski definition) is 2. The SMILES string of the molecule is COc1ccc(NC(=O)Cc2c(O)n(-c3ccc(F)cc3)c(=S)n2CCc2ccc(N(C)C)cc2)cc1. The summed E-state index contributed by atoms with van der Waals surface area (Å²) in [7, 11) is 5.54. The number of carbonyl (C=O) groups excluding carboxylic acids is 1. The number of halogens is 1. The molecule has 0 aliphatic carbocycles. The van der Waals surface area contributed by atoms with E-state index in [1.807, 2.05) is 43.3 Å². The Kier molecular flexibility index (Phi) is 7.93. The van der Waals surface area contributed by atoms with E-state index in [4.69, 9.17) is 17.0 Å². The van der Waals surface area contributed by atoms with E-state index >= 15 is 0 Å². The van der Waals surface area contributed by atoms with Crippen molar-refractivity contribution in [2.45, 2.75) is 19.4 Å². The molecule has 0 spiro atoms. The number of hydrogen-bond acceptors (Lipinski definition) is 5. The summed E-state index contributed by atoms with van der Waals surface area (Å²) in [6.45, 7) is 0.451. The molecule has 1 heterocycles. The van der Waals surface area contributed by atoms with E-state index in [0.717, 1.165) is 11.3 Å². The molecular formula is C28H29FN4O3S. The molecule has 0 bridgehead atoms. The molecule has 1 aromatic heterocycles. The zero-order valence-electron chi connectivity index (χ0n) is 20.9. The molecule has 0 aliphatic heterocycles. The van der Waals surface area contributed by atoms with Crippen LogP contribution in [0.1, 0.15) is 11.3 Å². The Morgan fingerprint density at radius 2 is 1.68 bits per heavy atom. The molecule has 0 fully saturated rings. The number of imidazole rings is 1. The summed E-state index contributed by atoms with van der Waals surface area (Å²) in [4.78, 5) is 15.0. The van der Waals surface area contributed by atoms with Crippen LogP contribution in [0.4, 0.5) is 15.8 Å². The number of amides is 1. The van der Waals surface area contributed by atoms with Crippen LogP contribution < -0.4 is 15.0 Å². The van der Waals surface area contributed by atoms with Crippen LogP contribution in [0.5, 0.6) is 11.6 Å².